The number of carboxylic acid groups (broad SMARTS) is 1. The summed E-state index contributed by atoms with van der Waals surface area (Å²) in [4.78, 5) is 24.6. The lowest BCUT2D eigenvalue weighted by molar-refractivity contribution is -0.129. The minimum Gasteiger partial charge on any atom is -0.494 e. The molecule has 132 valence electrons. The zero-order valence-electron chi connectivity index (χ0n) is 13.9. The van der Waals surface area contributed by atoms with Crippen LogP contribution in [0.5, 0.6) is 5.75 Å². The second-order valence-corrected chi connectivity index (χ2v) is 5.65. The highest BCUT2D eigenvalue weighted by atomic mass is 19.1. The average molecular weight is 345 g/mol. The van der Waals surface area contributed by atoms with Crippen molar-refractivity contribution in [2.45, 2.75) is 12.8 Å². The molecule has 2 rings (SSSR count). The van der Waals surface area contributed by atoms with Crippen LogP contribution in [0.15, 0.2) is 48.5 Å². The molecule has 1 N–H and O–H groups in total. The van der Waals surface area contributed by atoms with E-state index >= 15 is 0 Å². The number of amides is 1. The fourth-order valence-corrected chi connectivity index (χ4v) is 2.22. The number of hydrogen-bond donors (Lipinski definition) is 1. The lowest BCUT2D eigenvalue weighted by atomic mass is 10.1. The molecule has 0 saturated carbocycles. The zero-order chi connectivity index (χ0) is 18.2. The Labute approximate surface area is 145 Å². The van der Waals surface area contributed by atoms with Crippen molar-refractivity contribution in [1.29, 1.82) is 0 Å². The molecule has 5 nitrogen and oxygen atoms in total. The number of aromatic carboxylic acids is 1. The smallest absolute Gasteiger partial charge is 0.335 e. The standard InChI is InChI=1S/C19H20FNO4/c1-21(11-2-12-25-17-9-7-16(20)8-10-17)18(22)13-14-3-5-15(6-4-14)19(23)24/h3-10H,2,11-13H2,1H3,(H,23,24). The van der Waals surface area contributed by atoms with Gasteiger partial charge in [-0.2, -0.15) is 0 Å². The summed E-state index contributed by atoms with van der Waals surface area (Å²) in [5, 5.41) is 8.86. The van der Waals surface area contributed by atoms with Crippen molar-refractivity contribution in [2.24, 2.45) is 0 Å². The molecule has 0 heterocycles. The molecule has 0 atom stereocenters. The monoisotopic (exact) mass is 345 g/mol. The van der Waals surface area contributed by atoms with Gasteiger partial charge >= 0.3 is 5.97 Å². The fourth-order valence-electron chi connectivity index (χ4n) is 2.22. The predicted molar refractivity (Wildman–Crippen MR) is 91.3 cm³/mol. The van der Waals surface area contributed by atoms with Crippen LogP contribution in [0.4, 0.5) is 4.39 Å². The topological polar surface area (TPSA) is 66.8 Å². The molecule has 0 radical (unpaired) electrons. The summed E-state index contributed by atoms with van der Waals surface area (Å²) in [6, 6.07) is 12.1. The number of nitrogens with zero attached hydrogens (tertiary/aromatic N) is 1. The number of ether oxygens (including phenoxy) is 1. The molecule has 0 fully saturated rings. The lowest BCUT2D eigenvalue weighted by Gasteiger charge is -2.17. The third-order valence-electron chi connectivity index (χ3n) is 3.70. The summed E-state index contributed by atoms with van der Waals surface area (Å²) in [6.45, 7) is 0.962. The van der Waals surface area contributed by atoms with E-state index in [0.29, 0.717) is 25.3 Å². The Morgan fingerprint density at radius 3 is 2.32 bits per heavy atom. The van der Waals surface area contributed by atoms with Crippen molar-refractivity contribution in [3.8, 4) is 5.75 Å². The minimum absolute atomic E-state index is 0.0511. The van der Waals surface area contributed by atoms with Crippen LogP contribution in [0.2, 0.25) is 0 Å². The SMILES string of the molecule is CN(CCCOc1ccc(F)cc1)C(=O)Cc1ccc(C(=O)O)cc1. The van der Waals surface area contributed by atoms with Gasteiger partial charge in [0.25, 0.3) is 0 Å². The van der Waals surface area contributed by atoms with Gasteiger partial charge in [0.1, 0.15) is 11.6 Å². The van der Waals surface area contributed by atoms with Gasteiger partial charge < -0.3 is 14.7 Å². The molecule has 0 unspecified atom stereocenters. The summed E-state index contributed by atoms with van der Waals surface area (Å²) >= 11 is 0. The van der Waals surface area contributed by atoms with Crippen molar-refractivity contribution in [3.63, 3.8) is 0 Å². The first-order chi connectivity index (χ1) is 12.0. The van der Waals surface area contributed by atoms with E-state index < -0.39 is 5.97 Å². The summed E-state index contributed by atoms with van der Waals surface area (Å²) in [5.74, 6) is -0.760. The van der Waals surface area contributed by atoms with Gasteiger partial charge in [0.15, 0.2) is 0 Å². The number of halogens is 1. The maximum atomic E-state index is 12.8. The second kappa shape index (κ2) is 8.82. The molecule has 0 saturated heterocycles. The Morgan fingerprint density at radius 1 is 1.08 bits per heavy atom. The quantitative estimate of drug-likeness (QED) is 0.747. The van der Waals surface area contributed by atoms with Gasteiger partial charge in [-0.3, -0.25) is 4.79 Å². The Kier molecular flexibility index (Phi) is 6.51. The Bertz CT molecular complexity index is 713. The maximum absolute atomic E-state index is 12.8. The molecule has 2 aromatic carbocycles. The third-order valence-corrected chi connectivity index (χ3v) is 3.70. The first kappa shape index (κ1) is 18.4. The Hall–Kier alpha value is -2.89. The third kappa shape index (κ3) is 5.91. The first-order valence-electron chi connectivity index (χ1n) is 7.90. The molecule has 0 aliphatic rings. The molecular weight excluding hydrogens is 325 g/mol. The molecule has 2 aromatic rings. The number of hydrogen-bond acceptors (Lipinski definition) is 3. The van der Waals surface area contributed by atoms with Crippen molar-refractivity contribution in [2.75, 3.05) is 20.2 Å². The number of carboxylic acids is 1. The highest BCUT2D eigenvalue weighted by Crippen LogP contribution is 2.11. The summed E-state index contributed by atoms with van der Waals surface area (Å²) in [7, 11) is 1.71. The minimum atomic E-state index is -0.990. The van der Waals surface area contributed by atoms with Gasteiger partial charge in [0, 0.05) is 13.6 Å². The number of rotatable bonds is 8. The lowest BCUT2D eigenvalue weighted by Crippen LogP contribution is -2.30. The highest BCUT2D eigenvalue weighted by Gasteiger charge is 2.10. The summed E-state index contributed by atoms with van der Waals surface area (Å²) < 4.78 is 18.3. The van der Waals surface area contributed by atoms with Crippen LogP contribution < -0.4 is 4.74 Å². The summed E-state index contributed by atoms with van der Waals surface area (Å²) in [6.07, 6.45) is 0.868. The van der Waals surface area contributed by atoms with Gasteiger partial charge in [-0.25, -0.2) is 9.18 Å². The van der Waals surface area contributed by atoms with E-state index in [-0.39, 0.29) is 23.7 Å². The van der Waals surface area contributed by atoms with Crippen LogP contribution >= 0.6 is 0 Å². The van der Waals surface area contributed by atoms with Crippen LogP contribution in [0.3, 0.4) is 0 Å². The normalized spacial score (nSPS) is 10.3. The molecule has 0 aliphatic heterocycles. The first-order valence-corrected chi connectivity index (χ1v) is 7.90. The largest absolute Gasteiger partial charge is 0.494 e. The fraction of sp³-hybridized carbons (Fsp3) is 0.263. The molecule has 0 bridgehead atoms. The molecule has 0 aliphatic carbocycles. The van der Waals surface area contributed by atoms with Crippen LogP contribution in [0.1, 0.15) is 22.3 Å². The van der Waals surface area contributed by atoms with E-state index in [1.54, 1.807) is 36.2 Å². The number of carbonyl (C=O) groups excluding carboxylic acids is 1. The molecule has 0 aromatic heterocycles. The maximum Gasteiger partial charge on any atom is 0.335 e. The van der Waals surface area contributed by atoms with Crippen molar-refractivity contribution in [1.82, 2.24) is 4.90 Å². The van der Waals surface area contributed by atoms with Gasteiger partial charge in [-0.05, 0) is 48.4 Å². The van der Waals surface area contributed by atoms with Crippen LogP contribution in [-0.4, -0.2) is 42.1 Å². The average Bonchev–Trinajstić information content (AvgIpc) is 2.60. The zero-order valence-corrected chi connectivity index (χ0v) is 13.9. The molecular formula is C19H20FNO4. The van der Waals surface area contributed by atoms with E-state index in [0.717, 1.165) is 5.56 Å². The van der Waals surface area contributed by atoms with Gasteiger partial charge in [0.2, 0.25) is 5.91 Å². The van der Waals surface area contributed by atoms with E-state index in [2.05, 4.69) is 0 Å². The van der Waals surface area contributed by atoms with Crippen molar-refractivity contribution >= 4 is 11.9 Å². The molecule has 25 heavy (non-hydrogen) atoms. The van der Waals surface area contributed by atoms with Crippen molar-refractivity contribution in [3.05, 3.63) is 65.5 Å². The molecule has 1 amide bonds. The molecule has 0 spiro atoms. The van der Waals surface area contributed by atoms with Crippen molar-refractivity contribution < 1.29 is 23.8 Å². The van der Waals surface area contributed by atoms with E-state index in [1.807, 2.05) is 0 Å². The summed E-state index contributed by atoms with van der Waals surface area (Å²) in [5.41, 5.74) is 0.965. The van der Waals surface area contributed by atoms with E-state index in [1.165, 1.54) is 24.3 Å². The molecule has 6 heteroatoms. The van der Waals surface area contributed by atoms with Crippen LogP contribution in [0, 0.1) is 5.82 Å². The van der Waals surface area contributed by atoms with Crippen LogP contribution in [0.25, 0.3) is 0 Å². The number of benzene rings is 2. The van der Waals surface area contributed by atoms with Gasteiger partial charge in [-0.15, -0.1) is 0 Å². The predicted octanol–water partition coefficient (Wildman–Crippen LogP) is 2.99. The Balaban J connectivity index is 1.72. The highest BCUT2D eigenvalue weighted by molar-refractivity contribution is 5.87. The van der Waals surface area contributed by atoms with E-state index in [4.69, 9.17) is 9.84 Å². The Morgan fingerprint density at radius 2 is 1.72 bits per heavy atom. The van der Waals surface area contributed by atoms with Crippen LogP contribution in [-0.2, 0) is 11.2 Å². The van der Waals surface area contributed by atoms with Gasteiger partial charge in [0.05, 0.1) is 18.6 Å². The second-order valence-electron chi connectivity index (χ2n) is 5.65. The number of carbonyl (C=O) groups is 2. The van der Waals surface area contributed by atoms with Gasteiger partial charge in [-0.1, -0.05) is 12.1 Å². The van der Waals surface area contributed by atoms with E-state index in [9.17, 15) is 14.0 Å². The number of likely N-dealkylation sites (N-methyl/N-ethyl adjacent to an activating group) is 1.